The Kier molecular flexibility index (Phi) is 5.66. The van der Waals surface area contributed by atoms with Gasteiger partial charge in [-0.2, -0.15) is 0 Å². The quantitative estimate of drug-likeness (QED) is 0.819. The number of benzene rings is 1. The van der Waals surface area contributed by atoms with E-state index in [4.69, 9.17) is 10.5 Å². The van der Waals surface area contributed by atoms with Crippen LogP contribution in [0.2, 0.25) is 0 Å². The summed E-state index contributed by atoms with van der Waals surface area (Å²) in [7, 11) is 1.78. The van der Waals surface area contributed by atoms with Gasteiger partial charge in [-0.05, 0) is 35.9 Å². The molecular weight excluding hydrogens is 210 g/mol. The van der Waals surface area contributed by atoms with Gasteiger partial charge >= 0.3 is 0 Å². The van der Waals surface area contributed by atoms with Crippen molar-refractivity contribution in [2.45, 2.75) is 39.2 Å². The summed E-state index contributed by atoms with van der Waals surface area (Å²) in [6, 6.07) is 8.66. The van der Waals surface area contributed by atoms with Crippen LogP contribution in [0.1, 0.15) is 50.3 Å². The Bertz CT molecular complexity index is 318. The maximum Gasteiger partial charge on any atom is 0.0823 e. The zero-order valence-corrected chi connectivity index (χ0v) is 11.4. The standard InChI is InChI=1S/C15H25NO/c1-11(2)9-15(17-4)14-7-5-13(6-8-14)12(3)10-16/h5-8,11-12,15H,9-10,16H2,1-4H3/t12-,15+/m0/s1. The number of hydrogen-bond donors (Lipinski definition) is 1. The van der Waals surface area contributed by atoms with Gasteiger partial charge in [-0.15, -0.1) is 0 Å². The van der Waals surface area contributed by atoms with Crippen LogP contribution in [0.4, 0.5) is 0 Å². The summed E-state index contributed by atoms with van der Waals surface area (Å²) in [6.45, 7) is 7.28. The third-order valence-corrected chi connectivity index (χ3v) is 3.20. The molecule has 0 fully saturated rings. The molecule has 1 rings (SSSR count). The highest BCUT2D eigenvalue weighted by atomic mass is 16.5. The lowest BCUT2D eigenvalue weighted by Crippen LogP contribution is -2.09. The molecular formula is C15H25NO. The summed E-state index contributed by atoms with van der Waals surface area (Å²) < 4.78 is 5.55. The Balaban J connectivity index is 2.77. The van der Waals surface area contributed by atoms with Crippen molar-refractivity contribution >= 4 is 0 Å². The first-order chi connectivity index (χ1) is 8.08. The van der Waals surface area contributed by atoms with Crippen molar-refractivity contribution in [1.82, 2.24) is 0 Å². The van der Waals surface area contributed by atoms with Gasteiger partial charge < -0.3 is 10.5 Å². The van der Waals surface area contributed by atoms with Crippen LogP contribution in [0.3, 0.4) is 0 Å². The van der Waals surface area contributed by atoms with Crippen molar-refractivity contribution < 1.29 is 4.74 Å². The monoisotopic (exact) mass is 235 g/mol. The van der Waals surface area contributed by atoms with Gasteiger partial charge in [-0.3, -0.25) is 0 Å². The number of ether oxygens (including phenoxy) is 1. The molecule has 2 atom stereocenters. The van der Waals surface area contributed by atoms with E-state index in [1.54, 1.807) is 7.11 Å². The Morgan fingerprint density at radius 2 is 1.59 bits per heavy atom. The van der Waals surface area contributed by atoms with E-state index < -0.39 is 0 Å². The first kappa shape index (κ1) is 14.2. The van der Waals surface area contributed by atoms with E-state index in [2.05, 4.69) is 45.0 Å². The smallest absolute Gasteiger partial charge is 0.0823 e. The van der Waals surface area contributed by atoms with E-state index >= 15 is 0 Å². The molecule has 0 saturated carbocycles. The van der Waals surface area contributed by atoms with E-state index in [1.807, 2.05) is 0 Å². The van der Waals surface area contributed by atoms with Gasteiger partial charge in [0.2, 0.25) is 0 Å². The molecule has 96 valence electrons. The molecule has 2 nitrogen and oxygen atoms in total. The summed E-state index contributed by atoms with van der Waals surface area (Å²) >= 11 is 0. The number of methoxy groups -OCH3 is 1. The average molecular weight is 235 g/mol. The van der Waals surface area contributed by atoms with Gasteiger partial charge in [0.1, 0.15) is 0 Å². The predicted molar refractivity (Wildman–Crippen MR) is 73.1 cm³/mol. The van der Waals surface area contributed by atoms with Crippen molar-refractivity contribution in [1.29, 1.82) is 0 Å². The van der Waals surface area contributed by atoms with Gasteiger partial charge in [0.15, 0.2) is 0 Å². The average Bonchev–Trinajstić information content (AvgIpc) is 2.35. The Morgan fingerprint density at radius 3 is 2.00 bits per heavy atom. The third kappa shape index (κ3) is 4.14. The fourth-order valence-corrected chi connectivity index (χ4v) is 1.97. The molecule has 2 heteroatoms. The molecule has 0 aliphatic rings. The molecule has 0 bridgehead atoms. The Labute approximate surface area is 105 Å². The molecule has 0 radical (unpaired) electrons. The summed E-state index contributed by atoms with van der Waals surface area (Å²) in [5, 5.41) is 0. The van der Waals surface area contributed by atoms with Crippen molar-refractivity contribution in [2.24, 2.45) is 11.7 Å². The molecule has 2 N–H and O–H groups in total. The molecule has 0 aromatic heterocycles. The van der Waals surface area contributed by atoms with E-state index in [0.29, 0.717) is 18.4 Å². The number of rotatable bonds is 6. The molecule has 1 aromatic carbocycles. The van der Waals surface area contributed by atoms with Crippen LogP contribution < -0.4 is 5.73 Å². The van der Waals surface area contributed by atoms with Gasteiger partial charge in [-0.25, -0.2) is 0 Å². The fraction of sp³-hybridized carbons (Fsp3) is 0.600. The molecule has 0 saturated heterocycles. The minimum atomic E-state index is 0.206. The van der Waals surface area contributed by atoms with Crippen LogP contribution in [0, 0.1) is 5.92 Å². The van der Waals surface area contributed by atoms with E-state index in [9.17, 15) is 0 Å². The maximum absolute atomic E-state index is 5.67. The van der Waals surface area contributed by atoms with Crippen molar-refractivity contribution in [2.75, 3.05) is 13.7 Å². The number of hydrogen-bond acceptors (Lipinski definition) is 2. The van der Waals surface area contributed by atoms with Crippen LogP contribution in [-0.4, -0.2) is 13.7 Å². The maximum atomic E-state index is 5.67. The lowest BCUT2D eigenvalue weighted by molar-refractivity contribution is 0.0845. The van der Waals surface area contributed by atoms with Gasteiger partial charge in [0.05, 0.1) is 6.10 Å². The van der Waals surface area contributed by atoms with Gasteiger partial charge in [0.25, 0.3) is 0 Å². The lowest BCUT2D eigenvalue weighted by Gasteiger charge is -2.19. The van der Waals surface area contributed by atoms with Crippen LogP contribution in [0.25, 0.3) is 0 Å². The summed E-state index contributed by atoms with van der Waals surface area (Å²) in [5.41, 5.74) is 8.23. The second kappa shape index (κ2) is 6.77. The van der Waals surface area contributed by atoms with Crippen LogP contribution >= 0.6 is 0 Å². The summed E-state index contributed by atoms with van der Waals surface area (Å²) in [4.78, 5) is 0. The molecule has 0 aliphatic carbocycles. The molecule has 0 aliphatic heterocycles. The zero-order chi connectivity index (χ0) is 12.8. The van der Waals surface area contributed by atoms with Gasteiger partial charge in [0, 0.05) is 7.11 Å². The molecule has 0 unspecified atom stereocenters. The summed E-state index contributed by atoms with van der Waals surface area (Å²) in [5.74, 6) is 1.07. The third-order valence-electron chi connectivity index (χ3n) is 3.20. The van der Waals surface area contributed by atoms with E-state index in [-0.39, 0.29) is 6.10 Å². The topological polar surface area (TPSA) is 35.2 Å². The fourth-order valence-electron chi connectivity index (χ4n) is 1.97. The molecule has 0 spiro atoms. The van der Waals surface area contributed by atoms with Crippen molar-refractivity contribution in [3.05, 3.63) is 35.4 Å². The highest BCUT2D eigenvalue weighted by Crippen LogP contribution is 2.25. The largest absolute Gasteiger partial charge is 0.377 e. The first-order valence-corrected chi connectivity index (χ1v) is 6.41. The normalized spacial score (nSPS) is 14.9. The number of nitrogens with two attached hydrogens (primary N) is 1. The molecule has 0 amide bonds. The highest BCUT2D eigenvalue weighted by molar-refractivity contribution is 5.26. The van der Waals surface area contributed by atoms with Gasteiger partial charge in [-0.1, -0.05) is 45.0 Å². The van der Waals surface area contributed by atoms with E-state index in [1.165, 1.54) is 11.1 Å². The van der Waals surface area contributed by atoms with Crippen LogP contribution in [-0.2, 0) is 4.74 Å². The molecule has 1 aromatic rings. The van der Waals surface area contributed by atoms with Crippen LogP contribution in [0.15, 0.2) is 24.3 Å². The lowest BCUT2D eigenvalue weighted by atomic mass is 9.95. The van der Waals surface area contributed by atoms with Crippen molar-refractivity contribution in [3.63, 3.8) is 0 Å². The second-order valence-electron chi connectivity index (χ2n) is 5.16. The Morgan fingerprint density at radius 1 is 1.06 bits per heavy atom. The minimum absolute atomic E-state index is 0.206. The zero-order valence-electron chi connectivity index (χ0n) is 11.4. The minimum Gasteiger partial charge on any atom is -0.377 e. The molecule has 17 heavy (non-hydrogen) atoms. The summed E-state index contributed by atoms with van der Waals surface area (Å²) in [6.07, 6.45) is 1.26. The first-order valence-electron chi connectivity index (χ1n) is 6.41. The Hall–Kier alpha value is -0.860. The molecule has 0 heterocycles. The highest BCUT2D eigenvalue weighted by Gasteiger charge is 2.12. The second-order valence-corrected chi connectivity index (χ2v) is 5.16. The SMILES string of the molecule is CO[C@H](CC(C)C)c1ccc([C@@H](C)CN)cc1. The van der Waals surface area contributed by atoms with Crippen molar-refractivity contribution in [3.8, 4) is 0 Å². The van der Waals surface area contributed by atoms with Crippen LogP contribution in [0.5, 0.6) is 0 Å². The van der Waals surface area contributed by atoms with E-state index in [0.717, 1.165) is 6.42 Å². The predicted octanol–water partition coefficient (Wildman–Crippen LogP) is 3.48.